The molecule has 0 aliphatic carbocycles. The molecule has 3 aromatic rings. The quantitative estimate of drug-likeness (QED) is 0.788. The summed E-state index contributed by atoms with van der Waals surface area (Å²) in [5, 5.41) is 6.21. The first-order valence-corrected chi connectivity index (χ1v) is 7.71. The molecular formula is C13H12N4OS2. The van der Waals surface area contributed by atoms with Gasteiger partial charge >= 0.3 is 0 Å². The van der Waals surface area contributed by atoms with Crippen molar-refractivity contribution in [3.8, 4) is 0 Å². The number of aromatic nitrogens is 3. The zero-order valence-corrected chi connectivity index (χ0v) is 12.9. The van der Waals surface area contributed by atoms with Crippen LogP contribution >= 0.6 is 22.7 Å². The number of amides is 1. The molecule has 1 N–H and O–H groups in total. The Morgan fingerprint density at radius 1 is 1.25 bits per heavy atom. The molecule has 0 aliphatic heterocycles. The number of rotatable bonds is 2. The minimum atomic E-state index is -0.141. The van der Waals surface area contributed by atoms with Crippen LogP contribution in [0.3, 0.4) is 0 Å². The number of hydrogen-bond donors (Lipinski definition) is 1. The molecule has 0 unspecified atom stereocenters. The molecule has 3 rings (SSSR count). The molecule has 0 saturated carbocycles. The molecule has 0 fully saturated rings. The van der Waals surface area contributed by atoms with Crippen LogP contribution in [0.1, 0.15) is 26.8 Å². The fraction of sp³-hybridized carbons (Fsp3) is 0.231. The average molecular weight is 304 g/mol. The second-order valence-corrected chi connectivity index (χ2v) is 6.28. The van der Waals surface area contributed by atoms with E-state index in [1.54, 1.807) is 6.20 Å². The van der Waals surface area contributed by atoms with Crippen LogP contribution in [0.2, 0.25) is 0 Å². The lowest BCUT2D eigenvalue weighted by atomic mass is 10.1. The number of fused-ring (bicyclic) bond motifs is 1. The van der Waals surface area contributed by atoms with Gasteiger partial charge in [-0.15, -0.1) is 22.7 Å². The largest absolute Gasteiger partial charge is 0.297 e. The van der Waals surface area contributed by atoms with E-state index in [-0.39, 0.29) is 5.91 Å². The number of nitrogens with zero attached hydrogens (tertiary/aromatic N) is 3. The molecule has 0 bridgehead atoms. The van der Waals surface area contributed by atoms with Gasteiger partial charge in [0.05, 0.1) is 4.88 Å². The monoisotopic (exact) mass is 304 g/mol. The number of aryl methyl sites for hydroxylation is 3. The number of thiophene rings is 1. The van der Waals surface area contributed by atoms with Crippen LogP contribution in [0.5, 0.6) is 0 Å². The van der Waals surface area contributed by atoms with Crippen molar-refractivity contribution in [1.29, 1.82) is 0 Å². The summed E-state index contributed by atoms with van der Waals surface area (Å²) in [4.78, 5) is 26.7. The smallest absolute Gasteiger partial charge is 0.267 e. The van der Waals surface area contributed by atoms with Crippen molar-refractivity contribution in [3.05, 3.63) is 33.5 Å². The fourth-order valence-corrected chi connectivity index (χ4v) is 3.83. The molecule has 102 valence electrons. The van der Waals surface area contributed by atoms with Crippen LogP contribution in [0.15, 0.2) is 11.6 Å². The van der Waals surface area contributed by atoms with Crippen LogP contribution in [0.25, 0.3) is 10.2 Å². The molecule has 0 aromatic carbocycles. The lowest BCUT2D eigenvalue weighted by Gasteiger charge is -2.00. The number of thiazole rings is 1. The fourth-order valence-electron chi connectivity index (χ4n) is 2.13. The highest BCUT2D eigenvalue weighted by atomic mass is 32.1. The van der Waals surface area contributed by atoms with E-state index in [4.69, 9.17) is 0 Å². The summed E-state index contributed by atoms with van der Waals surface area (Å²) in [6.07, 6.45) is 1.66. The van der Waals surface area contributed by atoms with Gasteiger partial charge in [0.2, 0.25) is 0 Å². The van der Waals surface area contributed by atoms with E-state index in [1.165, 1.54) is 22.7 Å². The van der Waals surface area contributed by atoms with Crippen molar-refractivity contribution in [2.24, 2.45) is 0 Å². The summed E-state index contributed by atoms with van der Waals surface area (Å²) in [5.74, 6) is 0.584. The summed E-state index contributed by atoms with van der Waals surface area (Å²) >= 11 is 2.79. The zero-order chi connectivity index (χ0) is 14.3. The van der Waals surface area contributed by atoms with Crippen LogP contribution < -0.4 is 5.32 Å². The highest BCUT2D eigenvalue weighted by Crippen LogP contribution is 2.31. The lowest BCUT2D eigenvalue weighted by molar-refractivity contribution is 0.103. The van der Waals surface area contributed by atoms with Crippen molar-refractivity contribution in [3.63, 3.8) is 0 Å². The van der Waals surface area contributed by atoms with Crippen molar-refractivity contribution >= 4 is 43.9 Å². The Hall–Kier alpha value is -1.86. The van der Waals surface area contributed by atoms with Crippen LogP contribution in [0, 0.1) is 20.8 Å². The molecule has 3 heterocycles. The van der Waals surface area contributed by atoms with E-state index < -0.39 is 0 Å². The Bertz CT molecular complexity index is 792. The van der Waals surface area contributed by atoms with Crippen molar-refractivity contribution in [2.45, 2.75) is 20.8 Å². The number of nitrogens with one attached hydrogen (secondary N) is 1. The minimum Gasteiger partial charge on any atom is -0.297 e. The van der Waals surface area contributed by atoms with Gasteiger partial charge in [-0.25, -0.2) is 15.0 Å². The molecule has 0 atom stereocenters. The Balaban J connectivity index is 2.06. The third-order valence-electron chi connectivity index (χ3n) is 2.94. The third-order valence-corrected chi connectivity index (χ3v) is 4.81. The second-order valence-electron chi connectivity index (χ2n) is 4.38. The van der Waals surface area contributed by atoms with Crippen LogP contribution in [-0.2, 0) is 0 Å². The summed E-state index contributed by atoms with van der Waals surface area (Å²) in [6, 6.07) is 0. The molecule has 1 amide bonds. The summed E-state index contributed by atoms with van der Waals surface area (Å²) in [7, 11) is 0. The van der Waals surface area contributed by atoms with E-state index in [0.29, 0.717) is 10.0 Å². The van der Waals surface area contributed by atoms with Crippen LogP contribution in [0.4, 0.5) is 5.13 Å². The van der Waals surface area contributed by atoms with Gasteiger partial charge in [-0.1, -0.05) is 0 Å². The molecule has 0 saturated heterocycles. The summed E-state index contributed by atoms with van der Waals surface area (Å²) < 4.78 is 0. The maximum absolute atomic E-state index is 12.3. The molecular weight excluding hydrogens is 292 g/mol. The van der Waals surface area contributed by atoms with Gasteiger partial charge in [0.25, 0.3) is 5.91 Å². The summed E-state index contributed by atoms with van der Waals surface area (Å²) in [6.45, 7) is 5.73. The molecule has 7 heteroatoms. The van der Waals surface area contributed by atoms with Crippen molar-refractivity contribution in [1.82, 2.24) is 15.0 Å². The highest BCUT2D eigenvalue weighted by Gasteiger charge is 2.19. The Morgan fingerprint density at radius 2 is 2.05 bits per heavy atom. The molecule has 20 heavy (non-hydrogen) atoms. The van der Waals surface area contributed by atoms with Gasteiger partial charge in [-0.3, -0.25) is 10.1 Å². The molecule has 5 nitrogen and oxygen atoms in total. The van der Waals surface area contributed by atoms with Gasteiger partial charge in [0.1, 0.15) is 10.7 Å². The standard InChI is InChI=1S/C13H12N4OS2/c1-6-9-7(2)15-8(3)16-12(9)20-10(6)11(18)17-13-14-4-5-19-13/h4-5H,1-3H3,(H,14,17,18). The predicted molar refractivity (Wildman–Crippen MR) is 81.7 cm³/mol. The first-order chi connectivity index (χ1) is 9.56. The zero-order valence-electron chi connectivity index (χ0n) is 11.2. The Kier molecular flexibility index (Phi) is 3.23. The van der Waals surface area contributed by atoms with Crippen molar-refractivity contribution in [2.75, 3.05) is 5.32 Å². The van der Waals surface area contributed by atoms with E-state index in [0.717, 1.165) is 27.3 Å². The van der Waals surface area contributed by atoms with Gasteiger partial charge in [0, 0.05) is 22.7 Å². The molecule has 0 radical (unpaired) electrons. The number of hydrogen-bond acceptors (Lipinski definition) is 6. The Labute approximate surface area is 123 Å². The first-order valence-electron chi connectivity index (χ1n) is 6.01. The van der Waals surface area contributed by atoms with E-state index >= 15 is 0 Å². The lowest BCUT2D eigenvalue weighted by Crippen LogP contribution is -2.10. The molecule has 3 aromatic heterocycles. The van der Waals surface area contributed by atoms with E-state index in [1.807, 2.05) is 26.2 Å². The van der Waals surface area contributed by atoms with Crippen LogP contribution in [-0.4, -0.2) is 20.9 Å². The normalized spacial score (nSPS) is 10.9. The Morgan fingerprint density at radius 3 is 2.75 bits per heavy atom. The SMILES string of the molecule is Cc1nc(C)c2c(C)c(C(=O)Nc3nccs3)sc2n1. The van der Waals surface area contributed by atoms with E-state index in [9.17, 15) is 4.79 Å². The molecule has 0 spiro atoms. The third kappa shape index (κ3) is 2.19. The maximum atomic E-state index is 12.3. The molecule has 0 aliphatic rings. The summed E-state index contributed by atoms with van der Waals surface area (Å²) in [5.41, 5.74) is 1.84. The highest BCUT2D eigenvalue weighted by molar-refractivity contribution is 7.21. The number of anilines is 1. The topological polar surface area (TPSA) is 67.8 Å². The number of carbonyl (C=O) groups is 1. The predicted octanol–water partition coefficient (Wildman–Crippen LogP) is 3.33. The number of carbonyl (C=O) groups excluding carboxylic acids is 1. The van der Waals surface area contributed by atoms with Crippen molar-refractivity contribution < 1.29 is 4.79 Å². The minimum absolute atomic E-state index is 0.141. The van der Waals surface area contributed by atoms with Gasteiger partial charge in [-0.05, 0) is 26.3 Å². The maximum Gasteiger partial charge on any atom is 0.267 e. The van der Waals surface area contributed by atoms with Gasteiger partial charge < -0.3 is 0 Å². The van der Waals surface area contributed by atoms with Gasteiger partial charge in [-0.2, -0.15) is 0 Å². The van der Waals surface area contributed by atoms with Gasteiger partial charge in [0.15, 0.2) is 5.13 Å². The first kappa shape index (κ1) is 13.1. The second kappa shape index (κ2) is 4.92. The average Bonchev–Trinajstić information content (AvgIpc) is 2.97. The van der Waals surface area contributed by atoms with E-state index in [2.05, 4.69) is 20.3 Å².